The monoisotopic (exact) mass is 322 g/mol. The van der Waals surface area contributed by atoms with Crippen molar-refractivity contribution in [1.29, 1.82) is 0 Å². The van der Waals surface area contributed by atoms with E-state index in [0.29, 0.717) is 23.0 Å². The topological polar surface area (TPSA) is 55.1 Å². The van der Waals surface area contributed by atoms with Gasteiger partial charge in [-0.2, -0.15) is 0 Å². The third kappa shape index (κ3) is 4.06. The first-order valence-electron chi connectivity index (χ1n) is 6.86. The third-order valence-corrected chi connectivity index (χ3v) is 4.76. The number of rotatable bonds is 5. The lowest BCUT2D eigenvalue weighted by Gasteiger charge is -2.08. The highest BCUT2D eigenvalue weighted by molar-refractivity contribution is 7.17. The van der Waals surface area contributed by atoms with E-state index in [1.165, 1.54) is 11.3 Å². The Hall–Kier alpha value is -1.36. The molecule has 2 aromatic rings. The lowest BCUT2D eigenvalue weighted by Crippen LogP contribution is -2.30. The van der Waals surface area contributed by atoms with Crippen LogP contribution in [0.4, 0.5) is 0 Å². The van der Waals surface area contributed by atoms with Crippen LogP contribution < -0.4 is 11.1 Å². The lowest BCUT2D eigenvalue weighted by atomic mass is 10.1. The predicted molar refractivity (Wildman–Crippen MR) is 90.1 cm³/mol. The van der Waals surface area contributed by atoms with Gasteiger partial charge in [-0.25, -0.2) is 0 Å². The average molecular weight is 323 g/mol. The summed E-state index contributed by atoms with van der Waals surface area (Å²) in [5.74, 6) is 0.235. The number of halogens is 1. The summed E-state index contributed by atoms with van der Waals surface area (Å²) in [5.41, 5.74) is 7.68. The number of hydrogen-bond acceptors (Lipinski definition) is 3. The van der Waals surface area contributed by atoms with Crippen LogP contribution in [-0.4, -0.2) is 19.0 Å². The number of benzene rings is 1. The SMILES string of the molecule is Cc1cc(C(=O)NCC(C)CN)sc1-c1cccc(Cl)c1. The first-order chi connectivity index (χ1) is 10.0. The Morgan fingerprint density at radius 2 is 2.19 bits per heavy atom. The van der Waals surface area contributed by atoms with Crippen molar-refractivity contribution in [3.63, 3.8) is 0 Å². The van der Waals surface area contributed by atoms with Crippen LogP contribution in [0.25, 0.3) is 10.4 Å². The maximum Gasteiger partial charge on any atom is 0.261 e. The molecule has 2 rings (SSSR count). The fourth-order valence-corrected chi connectivity index (χ4v) is 3.22. The summed E-state index contributed by atoms with van der Waals surface area (Å²) in [6, 6.07) is 9.60. The summed E-state index contributed by atoms with van der Waals surface area (Å²) < 4.78 is 0. The zero-order chi connectivity index (χ0) is 15.4. The van der Waals surface area contributed by atoms with Crippen LogP contribution >= 0.6 is 22.9 Å². The Kier molecular flexibility index (Phi) is 5.39. The highest BCUT2D eigenvalue weighted by atomic mass is 35.5. The molecule has 1 aromatic carbocycles. The van der Waals surface area contributed by atoms with Gasteiger partial charge in [0.25, 0.3) is 5.91 Å². The van der Waals surface area contributed by atoms with Crippen molar-refractivity contribution in [3.05, 3.63) is 45.8 Å². The smallest absolute Gasteiger partial charge is 0.261 e. The minimum atomic E-state index is -0.0447. The highest BCUT2D eigenvalue weighted by Gasteiger charge is 2.14. The molecule has 1 unspecified atom stereocenters. The standard InChI is InChI=1S/C16H19ClN2OS/c1-10(8-18)9-19-16(20)14-6-11(2)15(21-14)12-4-3-5-13(17)7-12/h3-7,10H,8-9,18H2,1-2H3,(H,19,20). The molecule has 1 aromatic heterocycles. The van der Waals surface area contributed by atoms with Gasteiger partial charge in [-0.3, -0.25) is 4.79 Å². The molecule has 0 aliphatic heterocycles. The van der Waals surface area contributed by atoms with E-state index in [0.717, 1.165) is 16.0 Å². The number of hydrogen-bond donors (Lipinski definition) is 2. The summed E-state index contributed by atoms with van der Waals surface area (Å²) in [6.45, 7) is 5.18. The first-order valence-corrected chi connectivity index (χ1v) is 8.05. The Morgan fingerprint density at radius 3 is 2.86 bits per heavy atom. The van der Waals surface area contributed by atoms with Gasteiger partial charge in [0.15, 0.2) is 0 Å². The van der Waals surface area contributed by atoms with Gasteiger partial charge in [0.2, 0.25) is 0 Å². The molecular weight excluding hydrogens is 304 g/mol. The minimum Gasteiger partial charge on any atom is -0.351 e. The van der Waals surface area contributed by atoms with Crippen molar-refractivity contribution in [3.8, 4) is 10.4 Å². The Balaban J connectivity index is 2.17. The second-order valence-corrected chi connectivity index (χ2v) is 6.67. The maximum atomic E-state index is 12.2. The zero-order valence-corrected chi connectivity index (χ0v) is 13.7. The number of amides is 1. The van der Waals surface area contributed by atoms with Crippen molar-refractivity contribution in [1.82, 2.24) is 5.32 Å². The Morgan fingerprint density at radius 1 is 1.43 bits per heavy atom. The third-order valence-electron chi connectivity index (χ3n) is 3.24. The van der Waals surface area contributed by atoms with E-state index in [2.05, 4.69) is 5.32 Å². The molecule has 112 valence electrons. The van der Waals surface area contributed by atoms with Crippen molar-refractivity contribution in [2.24, 2.45) is 11.7 Å². The van der Waals surface area contributed by atoms with E-state index < -0.39 is 0 Å². The second-order valence-electron chi connectivity index (χ2n) is 5.18. The van der Waals surface area contributed by atoms with Crippen molar-refractivity contribution in [2.75, 3.05) is 13.1 Å². The van der Waals surface area contributed by atoms with E-state index >= 15 is 0 Å². The van der Waals surface area contributed by atoms with Crippen LogP contribution in [-0.2, 0) is 0 Å². The van der Waals surface area contributed by atoms with Gasteiger partial charge in [-0.05, 0) is 48.7 Å². The van der Waals surface area contributed by atoms with Gasteiger partial charge >= 0.3 is 0 Å². The van der Waals surface area contributed by atoms with Gasteiger partial charge in [0.1, 0.15) is 0 Å². The number of carbonyl (C=O) groups is 1. The maximum absolute atomic E-state index is 12.2. The van der Waals surface area contributed by atoms with E-state index in [4.69, 9.17) is 17.3 Å². The number of aryl methyl sites for hydroxylation is 1. The highest BCUT2D eigenvalue weighted by Crippen LogP contribution is 2.33. The predicted octanol–water partition coefficient (Wildman–Crippen LogP) is 3.70. The number of nitrogens with two attached hydrogens (primary N) is 1. The van der Waals surface area contributed by atoms with Crippen LogP contribution in [0.1, 0.15) is 22.2 Å². The number of carbonyl (C=O) groups excluding carboxylic acids is 1. The second kappa shape index (κ2) is 7.07. The fourth-order valence-electron chi connectivity index (χ4n) is 1.95. The lowest BCUT2D eigenvalue weighted by molar-refractivity contribution is 0.0952. The summed E-state index contributed by atoms with van der Waals surface area (Å²) >= 11 is 7.52. The van der Waals surface area contributed by atoms with Gasteiger partial charge in [0.05, 0.1) is 4.88 Å². The van der Waals surface area contributed by atoms with Crippen LogP contribution in [0.3, 0.4) is 0 Å². The van der Waals surface area contributed by atoms with E-state index in [1.54, 1.807) is 0 Å². The number of thiophene rings is 1. The molecule has 0 radical (unpaired) electrons. The molecule has 3 N–H and O–H groups in total. The summed E-state index contributed by atoms with van der Waals surface area (Å²) in [7, 11) is 0. The molecule has 3 nitrogen and oxygen atoms in total. The molecule has 1 amide bonds. The normalized spacial score (nSPS) is 12.2. The Labute approximate surface area is 134 Å². The molecule has 1 atom stereocenters. The average Bonchev–Trinajstić information content (AvgIpc) is 2.86. The summed E-state index contributed by atoms with van der Waals surface area (Å²) in [5, 5.41) is 3.62. The van der Waals surface area contributed by atoms with Gasteiger partial charge in [-0.1, -0.05) is 30.7 Å². The molecule has 5 heteroatoms. The van der Waals surface area contributed by atoms with Crippen LogP contribution in [0.15, 0.2) is 30.3 Å². The number of nitrogens with one attached hydrogen (secondary N) is 1. The van der Waals surface area contributed by atoms with Gasteiger partial charge in [0, 0.05) is 16.4 Å². The molecule has 0 aliphatic carbocycles. The molecule has 0 saturated heterocycles. The molecular formula is C16H19ClN2OS. The van der Waals surface area contributed by atoms with E-state index in [9.17, 15) is 4.79 Å². The zero-order valence-electron chi connectivity index (χ0n) is 12.2. The molecule has 0 bridgehead atoms. The van der Waals surface area contributed by atoms with Crippen molar-refractivity contribution >= 4 is 28.8 Å². The molecule has 0 fully saturated rings. The molecule has 0 spiro atoms. The van der Waals surface area contributed by atoms with Crippen LogP contribution in [0, 0.1) is 12.8 Å². The van der Waals surface area contributed by atoms with Gasteiger partial charge < -0.3 is 11.1 Å². The summed E-state index contributed by atoms with van der Waals surface area (Å²) in [6.07, 6.45) is 0. The molecule has 21 heavy (non-hydrogen) atoms. The van der Waals surface area contributed by atoms with Crippen LogP contribution in [0.5, 0.6) is 0 Å². The Bertz CT molecular complexity index is 639. The van der Waals surface area contributed by atoms with Crippen LogP contribution in [0.2, 0.25) is 5.02 Å². The largest absolute Gasteiger partial charge is 0.351 e. The summed E-state index contributed by atoms with van der Waals surface area (Å²) in [4.78, 5) is 14.0. The molecule has 0 saturated carbocycles. The molecule has 0 aliphatic rings. The van der Waals surface area contributed by atoms with E-state index in [-0.39, 0.29) is 11.8 Å². The fraction of sp³-hybridized carbons (Fsp3) is 0.312. The quantitative estimate of drug-likeness (QED) is 0.881. The van der Waals surface area contributed by atoms with Gasteiger partial charge in [-0.15, -0.1) is 11.3 Å². The molecule has 1 heterocycles. The van der Waals surface area contributed by atoms with Crippen molar-refractivity contribution in [2.45, 2.75) is 13.8 Å². The van der Waals surface area contributed by atoms with E-state index in [1.807, 2.05) is 44.2 Å². The van der Waals surface area contributed by atoms with Crippen molar-refractivity contribution < 1.29 is 4.79 Å². The minimum absolute atomic E-state index is 0.0447. The first kappa shape index (κ1) is 16.0.